The van der Waals surface area contributed by atoms with Crippen molar-refractivity contribution in [2.24, 2.45) is 5.92 Å². The van der Waals surface area contributed by atoms with Crippen molar-refractivity contribution in [3.63, 3.8) is 0 Å². The number of carbonyl (C=O) groups excluding carboxylic acids is 2. The van der Waals surface area contributed by atoms with E-state index in [1.54, 1.807) is 40.9 Å². The summed E-state index contributed by atoms with van der Waals surface area (Å²) in [6.45, 7) is 9.85. The van der Waals surface area contributed by atoms with Gasteiger partial charge in [-0.25, -0.2) is 19.6 Å². The predicted octanol–water partition coefficient (Wildman–Crippen LogP) is 4.56. The summed E-state index contributed by atoms with van der Waals surface area (Å²) in [7, 11) is 0. The predicted molar refractivity (Wildman–Crippen MR) is 212 cm³/mol. The number of rotatable bonds is 10. The molecular weight excluding hydrogens is 721 g/mol. The van der Waals surface area contributed by atoms with E-state index in [1.807, 2.05) is 31.3 Å². The highest BCUT2D eigenvalue weighted by Gasteiger charge is 2.40. The number of fused-ring (bicyclic) bond motifs is 1. The van der Waals surface area contributed by atoms with Gasteiger partial charge in [-0.3, -0.25) is 19.8 Å². The molecule has 0 radical (unpaired) electrons. The van der Waals surface area contributed by atoms with Crippen LogP contribution < -0.4 is 15.5 Å². The summed E-state index contributed by atoms with van der Waals surface area (Å²) < 4.78 is 3.34. The molecular formula is C41H46N14O2. The Balaban J connectivity index is 0.849. The number of piperazine rings is 1. The van der Waals surface area contributed by atoms with E-state index in [9.17, 15) is 20.1 Å². The number of nitrogens with zero attached hydrogens (tertiary/aromatic N) is 12. The number of carbonyl (C=O) groups is 2. The third-order valence-electron chi connectivity index (χ3n) is 12.1. The summed E-state index contributed by atoms with van der Waals surface area (Å²) in [5.41, 5.74) is 3.43. The van der Waals surface area contributed by atoms with Crippen LogP contribution in [0.15, 0.2) is 55.2 Å². The Morgan fingerprint density at radius 2 is 1.84 bits per heavy atom. The summed E-state index contributed by atoms with van der Waals surface area (Å²) in [5.74, 6) is 1.98. The first-order chi connectivity index (χ1) is 27.6. The number of hydrogen-bond acceptors (Lipinski definition) is 13. The molecule has 2 N–H and O–H groups in total. The standard InChI is InChI=1S/C41H46N14O2/c1-26(18-42)48-33-17-37(55-39-31(21-47-55)16-29(19-43)20-46-39)45-23-35(33)54-25-34(50-51-54)30-6-4-28(5-7-30)11-13-52-14-15-53(27(2)24-52)36-9-8-32(22-44-36)41(3)12-10-38(56)49-40(41)57/h8-9,16-17,20-23,25-28,30H,4-7,10-15,24H2,1-3H3,(H,45,48)(H,49,56,57)/t26-,27+,28?,30?,41+/m1/s1. The average Bonchev–Trinajstić information content (AvgIpc) is 3.90. The number of imide groups is 1. The van der Waals surface area contributed by atoms with Gasteiger partial charge >= 0.3 is 0 Å². The van der Waals surface area contributed by atoms with Crippen LogP contribution in [0.25, 0.3) is 22.5 Å². The Hall–Kier alpha value is -6.26. The summed E-state index contributed by atoms with van der Waals surface area (Å²) in [5, 5.41) is 38.9. The molecule has 2 saturated heterocycles. The molecule has 3 fully saturated rings. The summed E-state index contributed by atoms with van der Waals surface area (Å²) in [6.07, 6.45) is 15.1. The number of anilines is 2. The van der Waals surface area contributed by atoms with Gasteiger partial charge in [-0.2, -0.15) is 20.3 Å². The smallest absolute Gasteiger partial charge is 0.236 e. The minimum Gasteiger partial charge on any atom is -0.368 e. The minimum atomic E-state index is -0.740. The number of piperidine rings is 1. The second-order valence-corrected chi connectivity index (χ2v) is 15.9. The number of pyridine rings is 3. The topological polar surface area (TPSA) is 199 Å². The van der Waals surface area contributed by atoms with Crippen molar-refractivity contribution >= 4 is 34.4 Å². The van der Waals surface area contributed by atoms with E-state index in [0.717, 1.165) is 74.3 Å². The molecule has 1 saturated carbocycles. The van der Waals surface area contributed by atoms with Gasteiger partial charge in [0.2, 0.25) is 11.8 Å². The molecule has 3 atom stereocenters. The van der Waals surface area contributed by atoms with Crippen LogP contribution in [-0.4, -0.2) is 94.7 Å². The van der Waals surface area contributed by atoms with Gasteiger partial charge in [0.1, 0.15) is 23.6 Å². The fourth-order valence-electron chi connectivity index (χ4n) is 8.50. The third-order valence-corrected chi connectivity index (χ3v) is 12.1. The zero-order chi connectivity index (χ0) is 39.7. The SMILES string of the molecule is C[C@H](C#N)Nc1cc(-n2ncc3cc(C#N)cnc32)ncc1-n1cc(C2CCC(CCN3CCN(c4ccc([C@]5(C)CCC(=O)NC5=O)cn4)[C@@H](C)C3)CC2)nn1. The molecule has 8 rings (SSSR count). The van der Waals surface area contributed by atoms with Crippen LogP contribution in [0.3, 0.4) is 0 Å². The monoisotopic (exact) mass is 766 g/mol. The lowest BCUT2D eigenvalue weighted by Crippen LogP contribution is -2.52. The molecule has 0 spiro atoms. The molecule has 3 aliphatic rings. The first kappa shape index (κ1) is 37.7. The first-order valence-electron chi connectivity index (χ1n) is 19.7. The lowest BCUT2D eigenvalue weighted by Gasteiger charge is -2.41. The van der Waals surface area contributed by atoms with Crippen molar-refractivity contribution < 1.29 is 9.59 Å². The molecule has 7 heterocycles. The summed E-state index contributed by atoms with van der Waals surface area (Å²) >= 11 is 0. The molecule has 0 aromatic carbocycles. The van der Waals surface area contributed by atoms with Gasteiger partial charge in [0, 0.05) is 61.9 Å². The van der Waals surface area contributed by atoms with Gasteiger partial charge in [0.25, 0.3) is 0 Å². The maximum atomic E-state index is 12.6. The maximum Gasteiger partial charge on any atom is 0.236 e. The maximum absolute atomic E-state index is 12.6. The Morgan fingerprint density at radius 3 is 2.58 bits per heavy atom. The molecule has 16 nitrogen and oxygen atoms in total. The molecule has 5 aromatic heterocycles. The van der Waals surface area contributed by atoms with Crippen molar-refractivity contribution in [3.8, 4) is 23.6 Å². The summed E-state index contributed by atoms with van der Waals surface area (Å²) in [6, 6.07) is 11.7. The Kier molecular flexibility index (Phi) is 10.4. The van der Waals surface area contributed by atoms with Gasteiger partial charge < -0.3 is 10.2 Å². The summed E-state index contributed by atoms with van der Waals surface area (Å²) in [4.78, 5) is 43.1. The average molecular weight is 767 g/mol. The molecule has 0 unspecified atom stereocenters. The highest BCUT2D eigenvalue weighted by atomic mass is 16.2. The van der Waals surface area contributed by atoms with E-state index in [0.29, 0.717) is 59.1 Å². The van der Waals surface area contributed by atoms with Gasteiger partial charge in [-0.15, -0.1) is 5.10 Å². The molecule has 57 heavy (non-hydrogen) atoms. The normalized spacial score (nSPS) is 23.5. The van der Waals surface area contributed by atoms with Crippen LogP contribution in [0.1, 0.15) is 88.5 Å². The van der Waals surface area contributed by atoms with Crippen LogP contribution in [0, 0.1) is 28.6 Å². The molecule has 16 heteroatoms. The second-order valence-electron chi connectivity index (χ2n) is 15.9. The van der Waals surface area contributed by atoms with Crippen molar-refractivity contribution in [3.05, 3.63) is 72.1 Å². The lowest BCUT2D eigenvalue weighted by molar-refractivity contribution is -0.137. The molecule has 2 amide bonds. The van der Waals surface area contributed by atoms with E-state index in [1.165, 1.54) is 12.6 Å². The van der Waals surface area contributed by atoms with E-state index < -0.39 is 11.5 Å². The van der Waals surface area contributed by atoms with Gasteiger partial charge in [0.05, 0.1) is 47.0 Å². The molecule has 1 aliphatic carbocycles. The van der Waals surface area contributed by atoms with Crippen LogP contribution in [0.5, 0.6) is 0 Å². The molecule has 2 aliphatic heterocycles. The highest BCUT2D eigenvalue weighted by Crippen LogP contribution is 2.37. The van der Waals surface area contributed by atoms with Crippen LogP contribution in [-0.2, 0) is 15.0 Å². The lowest BCUT2D eigenvalue weighted by atomic mass is 9.76. The van der Waals surface area contributed by atoms with E-state index in [-0.39, 0.29) is 11.8 Å². The van der Waals surface area contributed by atoms with E-state index >= 15 is 0 Å². The van der Waals surface area contributed by atoms with E-state index in [2.05, 4.69) is 64.9 Å². The first-order valence-corrected chi connectivity index (χ1v) is 19.7. The number of hydrogen-bond donors (Lipinski definition) is 2. The molecule has 0 bridgehead atoms. The van der Waals surface area contributed by atoms with Crippen LogP contribution in [0.2, 0.25) is 0 Å². The Labute approximate surface area is 330 Å². The highest BCUT2D eigenvalue weighted by molar-refractivity contribution is 6.03. The van der Waals surface area contributed by atoms with Gasteiger partial charge in [-0.05, 0) is 89.5 Å². The fraction of sp³-hybridized carbons (Fsp3) is 0.463. The largest absolute Gasteiger partial charge is 0.368 e. The van der Waals surface area contributed by atoms with Gasteiger partial charge in [-0.1, -0.05) is 11.3 Å². The van der Waals surface area contributed by atoms with Gasteiger partial charge in [0.15, 0.2) is 11.5 Å². The number of nitrogens with one attached hydrogen (secondary N) is 2. The van der Waals surface area contributed by atoms with Crippen LogP contribution in [0.4, 0.5) is 11.5 Å². The van der Waals surface area contributed by atoms with E-state index in [4.69, 9.17) is 4.98 Å². The van der Waals surface area contributed by atoms with Crippen molar-refractivity contribution in [2.45, 2.75) is 89.1 Å². The Morgan fingerprint density at radius 1 is 1.02 bits per heavy atom. The molecule has 292 valence electrons. The zero-order valence-corrected chi connectivity index (χ0v) is 32.5. The third kappa shape index (κ3) is 7.65. The van der Waals surface area contributed by atoms with Crippen molar-refractivity contribution in [1.82, 2.24) is 49.9 Å². The van der Waals surface area contributed by atoms with Crippen molar-refractivity contribution in [1.29, 1.82) is 10.5 Å². The number of amides is 2. The van der Waals surface area contributed by atoms with Crippen LogP contribution >= 0.6 is 0 Å². The number of aromatic nitrogens is 8. The number of nitriles is 2. The Bertz CT molecular complexity index is 2370. The quantitative estimate of drug-likeness (QED) is 0.188. The second kappa shape index (κ2) is 15.7. The zero-order valence-electron chi connectivity index (χ0n) is 32.5. The minimum absolute atomic E-state index is 0.213. The molecule has 5 aromatic rings. The van der Waals surface area contributed by atoms with Crippen molar-refractivity contribution in [2.75, 3.05) is 36.4 Å². The fourth-order valence-corrected chi connectivity index (χ4v) is 8.50.